The van der Waals surface area contributed by atoms with Crippen LogP contribution in [-0.2, 0) is 21.2 Å². The van der Waals surface area contributed by atoms with Crippen molar-refractivity contribution in [1.82, 2.24) is 10.3 Å². The van der Waals surface area contributed by atoms with Crippen LogP contribution < -0.4 is 10.5 Å². The molecule has 2 aromatic carbocycles. The number of primary sulfonamides is 1. The van der Waals surface area contributed by atoms with Crippen LogP contribution >= 0.6 is 11.3 Å². The lowest BCUT2D eigenvalue weighted by molar-refractivity contribution is -0.120. The Labute approximate surface area is 178 Å². The van der Waals surface area contributed by atoms with Crippen LogP contribution in [0.1, 0.15) is 21.9 Å². The number of hydrogen-bond acceptors (Lipinski definition) is 4. The van der Waals surface area contributed by atoms with Gasteiger partial charge in [-0.2, -0.15) is 0 Å². The van der Waals surface area contributed by atoms with E-state index in [4.69, 9.17) is 5.14 Å². The molecule has 2 aromatic heterocycles. The lowest BCUT2D eigenvalue weighted by Gasteiger charge is -2.16. The van der Waals surface area contributed by atoms with E-state index < -0.39 is 10.0 Å². The molecule has 0 fully saturated rings. The van der Waals surface area contributed by atoms with Gasteiger partial charge in [0, 0.05) is 34.4 Å². The largest absolute Gasteiger partial charge is 0.361 e. The number of hydrogen-bond donors (Lipinski definition) is 3. The van der Waals surface area contributed by atoms with Crippen LogP contribution in [0.3, 0.4) is 0 Å². The van der Waals surface area contributed by atoms with Gasteiger partial charge in [-0.1, -0.05) is 36.4 Å². The van der Waals surface area contributed by atoms with Crippen LogP contribution in [0.4, 0.5) is 0 Å². The Morgan fingerprint density at radius 3 is 2.53 bits per heavy atom. The Bertz CT molecular complexity index is 1260. The number of aromatic nitrogens is 1. The van der Waals surface area contributed by atoms with E-state index in [1.165, 1.54) is 17.0 Å². The normalized spacial score (nSPS) is 12.7. The number of benzene rings is 2. The number of thiophene rings is 1. The zero-order valence-electron chi connectivity index (χ0n) is 16.0. The molecule has 0 saturated heterocycles. The van der Waals surface area contributed by atoms with Crippen LogP contribution in [0.2, 0.25) is 0 Å². The van der Waals surface area contributed by atoms with Crippen molar-refractivity contribution >= 4 is 38.2 Å². The van der Waals surface area contributed by atoms with Gasteiger partial charge in [-0.3, -0.25) is 4.79 Å². The standard InChI is InChI=1S/C22H21N3O3S2/c23-30(27,28)16-9-7-15(8-10-16)12-22(26)25-14-19(21-6-3-11-29-21)18-13-24-20-5-2-1-4-17(18)20/h1-11,13,19,24H,12,14H2,(H,25,26)(H2,23,27,28). The molecular formula is C22H21N3O3S2. The third-order valence-electron chi connectivity index (χ3n) is 5.00. The van der Waals surface area contributed by atoms with Gasteiger partial charge in [-0.15, -0.1) is 11.3 Å². The first-order valence-electron chi connectivity index (χ1n) is 9.39. The van der Waals surface area contributed by atoms with Crippen molar-refractivity contribution in [2.24, 2.45) is 5.14 Å². The lowest BCUT2D eigenvalue weighted by atomic mass is 9.96. The number of aromatic amines is 1. The Balaban J connectivity index is 1.48. The molecule has 0 saturated carbocycles. The maximum absolute atomic E-state index is 12.5. The third kappa shape index (κ3) is 4.46. The summed E-state index contributed by atoms with van der Waals surface area (Å²) in [4.78, 5) is 17.1. The van der Waals surface area contributed by atoms with E-state index in [1.54, 1.807) is 23.5 Å². The van der Waals surface area contributed by atoms with Crippen LogP contribution in [0.15, 0.2) is 77.1 Å². The summed E-state index contributed by atoms with van der Waals surface area (Å²) >= 11 is 1.66. The van der Waals surface area contributed by atoms with Crippen molar-refractivity contribution < 1.29 is 13.2 Å². The van der Waals surface area contributed by atoms with Gasteiger partial charge in [-0.25, -0.2) is 13.6 Å². The van der Waals surface area contributed by atoms with Crippen LogP contribution in [-0.4, -0.2) is 25.9 Å². The zero-order chi connectivity index (χ0) is 21.1. The topological polar surface area (TPSA) is 105 Å². The zero-order valence-corrected chi connectivity index (χ0v) is 17.7. The maximum atomic E-state index is 12.5. The minimum Gasteiger partial charge on any atom is -0.361 e. The molecule has 1 atom stereocenters. The Morgan fingerprint density at radius 2 is 1.83 bits per heavy atom. The summed E-state index contributed by atoms with van der Waals surface area (Å²) in [5, 5.41) is 11.3. The molecule has 0 radical (unpaired) electrons. The number of fused-ring (bicyclic) bond motifs is 1. The molecule has 6 nitrogen and oxygen atoms in total. The quantitative estimate of drug-likeness (QED) is 0.411. The second-order valence-corrected chi connectivity index (χ2v) is 9.57. The molecule has 0 aliphatic heterocycles. The Hall–Kier alpha value is -2.94. The van der Waals surface area contributed by atoms with Crippen molar-refractivity contribution in [3.8, 4) is 0 Å². The molecule has 0 aliphatic rings. The fourth-order valence-corrected chi connectivity index (χ4v) is 4.86. The van der Waals surface area contributed by atoms with Crippen LogP contribution in [0, 0.1) is 0 Å². The summed E-state index contributed by atoms with van der Waals surface area (Å²) < 4.78 is 22.7. The summed E-state index contributed by atoms with van der Waals surface area (Å²) in [6.45, 7) is 0.469. The molecule has 4 rings (SSSR count). The maximum Gasteiger partial charge on any atom is 0.238 e. The van der Waals surface area contributed by atoms with Gasteiger partial charge in [0.1, 0.15) is 0 Å². The van der Waals surface area contributed by atoms with Crippen molar-refractivity contribution in [2.45, 2.75) is 17.2 Å². The molecule has 8 heteroatoms. The molecule has 2 heterocycles. The second kappa shape index (κ2) is 8.43. The molecule has 0 spiro atoms. The molecule has 1 amide bonds. The van der Waals surface area contributed by atoms with Crippen LogP contribution in [0.5, 0.6) is 0 Å². The van der Waals surface area contributed by atoms with E-state index in [9.17, 15) is 13.2 Å². The molecule has 4 aromatic rings. The molecule has 154 valence electrons. The number of H-pyrrole nitrogens is 1. The Morgan fingerprint density at radius 1 is 1.07 bits per heavy atom. The number of nitrogens with one attached hydrogen (secondary N) is 2. The third-order valence-corrected chi connectivity index (χ3v) is 6.92. The molecule has 30 heavy (non-hydrogen) atoms. The highest BCUT2D eigenvalue weighted by Gasteiger charge is 2.20. The SMILES string of the molecule is NS(=O)(=O)c1ccc(CC(=O)NCC(c2cccs2)c2c[nH]c3ccccc23)cc1. The monoisotopic (exact) mass is 439 g/mol. The number of amides is 1. The predicted molar refractivity (Wildman–Crippen MR) is 119 cm³/mol. The first kappa shape index (κ1) is 20.3. The number of carbonyl (C=O) groups is 1. The summed E-state index contributed by atoms with van der Waals surface area (Å²) in [6, 6.07) is 18.2. The Kier molecular flexibility index (Phi) is 5.72. The number of nitrogens with two attached hydrogens (primary N) is 1. The lowest BCUT2D eigenvalue weighted by Crippen LogP contribution is -2.29. The number of para-hydroxylation sites is 1. The predicted octanol–water partition coefficient (Wildman–Crippen LogP) is 3.37. The molecule has 1 unspecified atom stereocenters. The summed E-state index contributed by atoms with van der Waals surface area (Å²) in [6.07, 6.45) is 2.17. The van der Waals surface area contributed by atoms with Gasteiger partial charge in [0.2, 0.25) is 15.9 Å². The van der Waals surface area contributed by atoms with Crippen molar-refractivity contribution in [3.05, 3.63) is 88.2 Å². The minimum atomic E-state index is -3.74. The van der Waals surface area contributed by atoms with E-state index in [2.05, 4.69) is 22.4 Å². The highest BCUT2D eigenvalue weighted by Crippen LogP contribution is 2.32. The van der Waals surface area contributed by atoms with E-state index in [0.29, 0.717) is 6.54 Å². The highest BCUT2D eigenvalue weighted by atomic mass is 32.2. The molecular weight excluding hydrogens is 418 g/mol. The smallest absolute Gasteiger partial charge is 0.238 e. The number of carbonyl (C=O) groups excluding carboxylic acids is 1. The highest BCUT2D eigenvalue weighted by molar-refractivity contribution is 7.89. The van der Waals surface area contributed by atoms with E-state index in [-0.39, 0.29) is 23.1 Å². The molecule has 4 N–H and O–H groups in total. The van der Waals surface area contributed by atoms with E-state index in [0.717, 1.165) is 22.0 Å². The second-order valence-electron chi connectivity index (χ2n) is 7.03. The summed E-state index contributed by atoms with van der Waals surface area (Å²) in [5.41, 5.74) is 2.93. The first-order chi connectivity index (χ1) is 14.4. The number of rotatable bonds is 7. The average molecular weight is 440 g/mol. The first-order valence-corrected chi connectivity index (χ1v) is 11.8. The number of sulfonamides is 1. The average Bonchev–Trinajstić information content (AvgIpc) is 3.39. The minimum absolute atomic E-state index is 0.0313. The molecule has 0 bridgehead atoms. The van der Waals surface area contributed by atoms with Crippen molar-refractivity contribution in [2.75, 3.05) is 6.54 Å². The van der Waals surface area contributed by atoms with E-state index >= 15 is 0 Å². The van der Waals surface area contributed by atoms with Gasteiger partial charge in [0.15, 0.2) is 0 Å². The fraction of sp³-hybridized carbons (Fsp3) is 0.136. The van der Waals surface area contributed by atoms with Crippen molar-refractivity contribution in [3.63, 3.8) is 0 Å². The van der Waals surface area contributed by atoms with Gasteiger partial charge < -0.3 is 10.3 Å². The van der Waals surface area contributed by atoms with Gasteiger partial charge >= 0.3 is 0 Å². The molecule has 0 aliphatic carbocycles. The van der Waals surface area contributed by atoms with E-state index in [1.807, 2.05) is 35.8 Å². The van der Waals surface area contributed by atoms with Crippen molar-refractivity contribution in [1.29, 1.82) is 0 Å². The summed E-state index contributed by atoms with van der Waals surface area (Å²) in [7, 11) is -3.74. The van der Waals surface area contributed by atoms with Gasteiger partial charge in [0.05, 0.1) is 11.3 Å². The summed E-state index contributed by atoms with van der Waals surface area (Å²) in [5.74, 6) is -0.0883. The van der Waals surface area contributed by atoms with Gasteiger partial charge in [-0.05, 0) is 40.8 Å². The fourth-order valence-electron chi connectivity index (χ4n) is 3.50. The van der Waals surface area contributed by atoms with Gasteiger partial charge in [0.25, 0.3) is 0 Å². The van der Waals surface area contributed by atoms with Crippen LogP contribution in [0.25, 0.3) is 10.9 Å².